The van der Waals surface area contributed by atoms with Gasteiger partial charge < -0.3 is 9.80 Å². The van der Waals surface area contributed by atoms with Crippen LogP contribution < -0.4 is 4.90 Å². The lowest BCUT2D eigenvalue weighted by molar-refractivity contribution is 0.401. The number of aryl methyl sites for hydroxylation is 1. The number of hydrogen-bond acceptors (Lipinski definition) is 2. The van der Waals surface area contributed by atoms with Crippen molar-refractivity contribution in [2.45, 2.75) is 33.7 Å². The molecule has 0 atom stereocenters. The maximum atomic E-state index is 2.44. The normalized spacial score (nSPS) is 10.9. The molecule has 0 bridgehead atoms. The largest absolute Gasteiger partial charge is 0.372 e. The van der Waals surface area contributed by atoms with Gasteiger partial charge in [0, 0.05) is 25.3 Å². The Morgan fingerprint density at radius 1 is 1.12 bits per heavy atom. The van der Waals surface area contributed by atoms with Crippen molar-refractivity contribution in [3.05, 3.63) is 29.3 Å². The minimum Gasteiger partial charge on any atom is -0.372 e. The van der Waals surface area contributed by atoms with E-state index in [0.717, 1.165) is 19.6 Å². The van der Waals surface area contributed by atoms with Gasteiger partial charge in [0.2, 0.25) is 0 Å². The molecule has 0 spiro atoms. The molecule has 0 aliphatic heterocycles. The van der Waals surface area contributed by atoms with E-state index in [1.54, 1.807) is 0 Å². The number of rotatable bonds is 6. The molecule has 1 rings (SSSR count). The lowest BCUT2D eigenvalue weighted by Crippen LogP contribution is -2.23. The molecule has 0 fully saturated rings. The van der Waals surface area contributed by atoms with E-state index in [2.05, 4.69) is 62.9 Å². The standard InChI is InChI=1S/C15H26N2/c1-6-10-17(7-2)15-9-8-13(3)14(11-15)12-16(4)5/h8-9,11H,6-7,10,12H2,1-5H3. The first-order valence-corrected chi connectivity index (χ1v) is 6.57. The van der Waals surface area contributed by atoms with Gasteiger partial charge in [-0.05, 0) is 57.6 Å². The van der Waals surface area contributed by atoms with Crippen molar-refractivity contribution in [2.24, 2.45) is 0 Å². The van der Waals surface area contributed by atoms with Gasteiger partial charge in [-0.15, -0.1) is 0 Å². The molecule has 0 aliphatic rings. The van der Waals surface area contributed by atoms with E-state index in [1.807, 2.05) is 0 Å². The Labute approximate surface area is 106 Å². The molecule has 0 unspecified atom stereocenters. The summed E-state index contributed by atoms with van der Waals surface area (Å²) in [6.07, 6.45) is 1.20. The number of nitrogens with zero attached hydrogens (tertiary/aromatic N) is 2. The fraction of sp³-hybridized carbons (Fsp3) is 0.600. The van der Waals surface area contributed by atoms with Gasteiger partial charge in [-0.2, -0.15) is 0 Å². The summed E-state index contributed by atoms with van der Waals surface area (Å²) in [5, 5.41) is 0. The first kappa shape index (κ1) is 14.0. The lowest BCUT2D eigenvalue weighted by Gasteiger charge is -2.24. The van der Waals surface area contributed by atoms with E-state index in [0.29, 0.717) is 0 Å². The van der Waals surface area contributed by atoms with Crippen LogP contribution in [-0.2, 0) is 6.54 Å². The summed E-state index contributed by atoms with van der Waals surface area (Å²) in [5.41, 5.74) is 4.17. The molecule has 96 valence electrons. The Morgan fingerprint density at radius 2 is 1.82 bits per heavy atom. The summed E-state index contributed by atoms with van der Waals surface area (Å²) >= 11 is 0. The summed E-state index contributed by atoms with van der Waals surface area (Å²) < 4.78 is 0. The van der Waals surface area contributed by atoms with Crippen molar-refractivity contribution in [1.82, 2.24) is 4.90 Å². The van der Waals surface area contributed by atoms with Crippen LogP contribution in [0.4, 0.5) is 5.69 Å². The smallest absolute Gasteiger partial charge is 0.0369 e. The SMILES string of the molecule is CCCN(CC)c1ccc(C)c(CN(C)C)c1. The van der Waals surface area contributed by atoms with Crippen LogP contribution in [0.25, 0.3) is 0 Å². The molecule has 1 aromatic rings. The van der Waals surface area contributed by atoms with Gasteiger partial charge in [0.15, 0.2) is 0 Å². The van der Waals surface area contributed by atoms with Crippen molar-refractivity contribution in [3.63, 3.8) is 0 Å². The minimum absolute atomic E-state index is 1.02. The molecular formula is C15H26N2. The maximum absolute atomic E-state index is 2.44. The first-order valence-electron chi connectivity index (χ1n) is 6.57. The van der Waals surface area contributed by atoms with E-state index in [-0.39, 0.29) is 0 Å². The highest BCUT2D eigenvalue weighted by atomic mass is 15.1. The topological polar surface area (TPSA) is 6.48 Å². The van der Waals surface area contributed by atoms with Crippen molar-refractivity contribution in [2.75, 3.05) is 32.1 Å². The van der Waals surface area contributed by atoms with Crippen LogP contribution in [0, 0.1) is 6.92 Å². The van der Waals surface area contributed by atoms with Gasteiger partial charge >= 0.3 is 0 Å². The molecule has 0 saturated heterocycles. The summed E-state index contributed by atoms with van der Waals surface area (Å²) in [5.74, 6) is 0. The molecule has 0 N–H and O–H groups in total. The number of anilines is 1. The molecule has 0 aromatic heterocycles. The molecule has 17 heavy (non-hydrogen) atoms. The number of benzene rings is 1. The molecular weight excluding hydrogens is 208 g/mol. The monoisotopic (exact) mass is 234 g/mol. The van der Waals surface area contributed by atoms with Crippen LogP contribution in [0.15, 0.2) is 18.2 Å². The van der Waals surface area contributed by atoms with Crippen molar-refractivity contribution >= 4 is 5.69 Å². The number of hydrogen-bond donors (Lipinski definition) is 0. The molecule has 0 radical (unpaired) electrons. The van der Waals surface area contributed by atoms with Crippen molar-refractivity contribution < 1.29 is 0 Å². The van der Waals surface area contributed by atoms with Gasteiger partial charge in [0.05, 0.1) is 0 Å². The summed E-state index contributed by atoms with van der Waals surface area (Å²) in [7, 11) is 4.24. The summed E-state index contributed by atoms with van der Waals surface area (Å²) in [6.45, 7) is 9.89. The van der Waals surface area contributed by atoms with Gasteiger partial charge in [-0.3, -0.25) is 0 Å². The molecule has 0 heterocycles. The van der Waals surface area contributed by atoms with Crippen LogP contribution >= 0.6 is 0 Å². The van der Waals surface area contributed by atoms with Gasteiger partial charge in [0.25, 0.3) is 0 Å². The molecule has 0 saturated carbocycles. The Morgan fingerprint density at radius 3 is 2.35 bits per heavy atom. The Hall–Kier alpha value is -1.02. The quantitative estimate of drug-likeness (QED) is 0.745. The Kier molecular flexibility index (Phi) is 5.49. The first-order chi connectivity index (χ1) is 8.08. The Bertz CT molecular complexity index is 345. The fourth-order valence-electron chi connectivity index (χ4n) is 2.11. The van der Waals surface area contributed by atoms with E-state index < -0.39 is 0 Å². The second kappa shape index (κ2) is 6.65. The minimum atomic E-state index is 1.02. The van der Waals surface area contributed by atoms with Gasteiger partial charge in [0.1, 0.15) is 0 Å². The zero-order chi connectivity index (χ0) is 12.8. The van der Waals surface area contributed by atoms with Crippen molar-refractivity contribution in [1.29, 1.82) is 0 Å². The Balaban J connectivity index is 2.93. The average Bonchev–Trinajstić information content (AvgIpc) is 2.28. The van der Waals surface area contributed by atoms with Crippen LogP contribution in [0.2, 0.25) is 0 Å². The molecule has 1 aromatic carbocycles. The third-order valence-corrected chi connectivity index (χ3v) is 3.06. The zero-order valence-corrected chi connectivity index (χ0v) is 12.0. The highest BCUT2D eigenvalue weighted by Crippen LogP contribution is 2.20. The van der Waals surface area contributed by atoms with E-state index in [9.17, 15) is 0 Å². The third kappa shape index (κ3) is 4.04. The van der Waals surface area contributed by atoms with Crippen molar-refractivity contribution in [3.8, 4) is 0 Å². The molecule has 2 heteroatoms. The second-order valence-electron chi connectivity index (χ2n) is 4.93. The van der Waals surface area contributed by atoms with E-state index in [1.165, 1.54) is 23.2 Å². The predicted octanol–water partition coefficient (Wildman–Crippen LogP) is 3.29. The van der Waals surface area contributed by atoms with Crippen LogP contribution in [0.5, 0.6) is 0 Å². The van der Waals surface area contributed by atoms with Crippen LogP contribution in [-0.4, -0.2) is 32.1 Å². The maximum Gasteiger partial charge on any atom is 0.0369 e. The average molecular weight is 234 g/mol. The fourth-order valence-corrected chi connectivity index (χ4v) is 2.11. The molecule has 0 aliphatic carbocycles. The van der Waals surface area contributed by atoms with E-state index in [4.69, 9.17) is 0 Å². The second-order valence-corrected chi connectivity index (χ2v) is 4.93. The third-order valence-electron chi connectivity index (χ3n) is 3.06. The molecule has 0 amide bonds. The van der Waals surface area contributed by atoms with Crippen LogP contribution in [0.3, 0.4) is 0 Å². The predicted molar refractivity (Wildman–Crippen MR) is 76.7 cm³/mol. The van der Waals surface area contributed by atoms with E-state index >= 15 is 0 Å². The van der Waals surface area contributed by atoms with Gasteiger partial charge in [-0.1, -0.05) is 13.0 Å². The zero-order valence-electron chi connectivity index (χ0n) is 12.0. The van der Waals surface area contributed by atoms with Gasteiger partial charge in [-0.25, -0.2) is 0 Å². The highest BCUT2D eigenvalue weighted by molar-refractivity contribution is 5.50. The lowest BCUT2D eigenvalue weighted by atomic mass is 10.1. The highest BCUT2D eigenvalue weighted by Gasteiger charge is 2.06. The molecule has 2 nitrogen and oxygen atoms in total. The summed E-state index contributed by atoms with van der Waals surface area (Å²) in [4.78, 5) is 4.67. The summed E-state index contributed by atoms with van der Waals surface area (Å²) in [6, 6.07) is 6.83. The van der Waals surface area contributed by atoms with Crippen LogP contribution in [0.1, 0.15) is 31.4 Å².